The molecule has 0 heteroatoms. The molecule has 3 atom stereocenters. The Balaban J connectivity index is 1.76. The zero-order valence-electron chi connectivity index (χ0n) is 21.4. The summed E-state index contributed by atoms with van der Waals surface area (Å²) < 4.78 is 0. The van der Waals surface area contributed by atoms with Crippen LogP contribution in [0.4, 0.5) is 0 Å². The van der Waals surface area contributed by atoms with Crippen LogP contribution in [0.25, 0.3) is 0 Å². The van der Waals surface area contributed by atoms with Gasteiger partial charge in [0.15, 0.2) is 0 Å². The molecule has 0 spiro atoms. The highest BCUT2D eigenvalue weighted by Gasteiger charge is 2.27. The first-order valence-corrected chi connectivity index (χ1v) is 13.7. The number of hydrogen-bond donors (Lipinski definition) is 0. The Hall–Kier alpha value is -1.04. The van der Waals surface area contributed by atoms with Crippen LogP contribution >= 0.6 is 0 Å². The van der Waals surface area contributed by atoms with Gasteiger partial charge in [-0.2, -0.15) is 0 Å². The maximum absolute atomic E-state index is 3.79. The van der Waals surface area contributed by atoms with Crippen molar-refractivity contribution in [2.45, 2.75) is 118 Å². The smallest absolute Gasteiger partial charge is 0.0165 e. The molecule has 0 N–H and O–H groups in total. The standard InChI is InChI=1S/C31H52/c1-6-9-11-12-14-16-27(15-13-10-7-2)23-28-17-19-29(20-18-28)24-31-22-25(4)30(8-3)21-26(31)5/h6,9,11,21-22,26-29,31H,1,7-8,10,12-20,23-24H2,2-5H3/b11-9-. The summed E-state index contributed by atoms with van der Waals surface area (Å²) in [7, 11) is 0. The number of unbranched alkanes of at least 4 members (excludes halogenated alkanes) is 3. The van der Waals surface area contributed by atoms with Gasteiger partial charge in [0.25, 0.3) is 0 Å². The molecule has 31 heavy (non-hydrogen) atoms. The molecule has 0 aromatic rings. The van der Waals surface area contributed by atoms with Crippen LogP contribution in [0.5, 0.6) is 0 Å². The van der Waals surface area contributed by atoms with E-state index in [9.17, 15) is 0 Å². The Morgan fingerprint density at radius 2 is 1.71 bits per heavy atom. The molecule has 2 aliphatic carbocycles. The normalized spacial score (nSPS) is 27.7. The highest BCUT2D eigenvalue weighted by molar-refractivity contribution is 5.33. The van der Waals surface area contributed by atoms with Crippen LogP contribution in [0.2, 0.25) is 0 Å². The van der Waals surface area contributed by atoms with Gasteiger partial charge in [-0.25, -0.2) is 0 Å². The van der Waals surface area contributed by atoms with E-state index >= 15 is 0 Å². The second-order valence-corrected chi connectivity index (χ2v) is 10.7. The van der Waals surface area contributed by atoms with Crippen LogP contribution < -0.4 is 0 Å². The van der Waals surface area contributed by atoms with E-state index in [1.165, 1.54) is 89.9 Å². The summed E-state index contributed by atoms with van der Waals surface area (Å²) in [5.41, 5.74) is 3.14. The molecule has 0 amide bonds. The third-order valence-electron chi connectivity index (χ3n) is 8.20. The maximum Gasteiger partial charge on any atom is -0.0165 e. The summed E-state index contributed by atoms with van der Waals surface area (Å²) in [6.07, 6.45) is 31.2. The van der Waals surface area contributed by atoms with Gasteiger partial charge in [0, 0.05) is 0 Å². The third-order valence-corrected chi connectivity index (χ3v) is 8.20. The minimum atomic E-state index is 0.731. The van der Waals surface area contributed by atoms with Crippen molar-refractivity contribution in [3.63, 3.8) is 0 Å². The van der Waals surface area contributed by atoms with Crippen molar-refractivity contribution in [3.05, 3.63) is 48.1 Å². The van der Waals surface area contributed by atoms with E-state index in [1.807, 2.05) is 6.08 Å². The van der Waals surface area contributed by atoms with Crippen molar-refractivity contribution in [3.8, 4) is 0 Å². The molecule has 2 aliphatic rings. The first-order valence-electron chi connectivity index (χ1n) is 13.7. The lowest BCUT2D eigenvalue weighted by Crippen LogP contribution is -2.22. The van der Waals surface area contributed by atoms with E-state index in [0.29, 0.717) is 0 Å². The van der Waals surface area contributed by atoms with Gasteiger partial charge in [-0.05, 0) is 74.2 Å². The fourth-order valence-corrected chi connectivity index (χ4v) is 6.17. The van der Waals surface area contributed by atoms with Crippen LogP contribution in [0.1, 0.15) is 118 Å². The molecule has 3 unspecified atom stereocenters. The topological polar surface area (TPSA) is 0 Å². The zero-order valence-corrected chi connectivity index (χ0v) is 21.4. The summed E-state index contributed by atoms with van der Waals surface area (Å²) in [6, 6.07) is 0. The highest BCUT2D eigenvalue weighted by atomic mass is 14.3. The van der Waals surface area contributed by atoms with Crippen LogP contribution in [0.3, 0.4) is 0 Å². The van der Waals surface area contributed by atoms with Crippen molar-refractivity contribution >= 4 is 0 Å². The summed E-state index contributed by atoms with van der Waals surface area (Å²) in [5, 5.41) is 0. The van der Waals surface area contributed by atoms with Gasteiger partial charge in [0.05, 0.1) is 0 Å². The zero-order chi connectivity index (χ0) is 22.5. The first kappa shape index (κ1) is 26.2. The number of rotatable bonds is 14. The Bertz CT molecular complexity index is 581. The molecular formula is C31H52. The summed E-state index contributed by atoms with van der Waals surface area (Å²) in [5.74, 6) is 4.44. The van der Waals surface area contributed by atoms with Crippen molar-refractivity contribution < 1.29 is 0 Å². The van der Waals surface area contributed by atoms with Crippen LogP contribution in [-0.2, 0) is 0 Å². The van der Waals surface area contributed by atoms with E-state index in [4.69, 9.17) is 0 Å². The van der Waals surface area contributed by atoms with E-state index in [-0.39, 0.29) is 0 Å². The molecule has 0 nitrogen and oxygen atoms in total. The molecule has 1 saturated carbocycles. The van der Waals surface area contributed by atoms with Crippen molar-refractivity contribution in [1.82, 2.24) is 0 Å². The van der Waals surface area contributed by atoms with Gasteiger partial charge in [-0.3, -0.25) is 0 Å². The maximum atomic E-state index is 3.79. The Kier molecular flexibility index (Phi) is 12.6. The molecule has 0 radical (unpaired) electrons. The predicted octanol–water partition coefficient (Wildman–Crippen LogP) is 10.2. The van der Waals surface area contributed by atoms with Crippen LogP contribution in [0, 0.1) is 29.6 Å². The Labute approximate surface area is 195 Å². The third kappa shape index (κ3) is 9.55. The average molecular weight is 425 g/mol. The molecular weight excluding hydrogens is 372 g/mol. The first-order chi connectivity index (χ1) is 15.1. The second-order valence-electron chi connectivity index (χ2n) is 10.7. The molecule has 0 saturated heterocycles. The SMILES string of the molecule is C=C/C=C\CCCC(CCCCC)CC1CCC(CC2C=C(C)C(CC)=CC2C)CC1. The number of allylic oxidation sites excluding steroid dienone is 7. The summed E-state index contributed by atoms with van der Waals surface area (Å²) >= 11 is 0. The second kappa shape index (κ2) is 14.9. The molecule has 0 bridgehead atoms. The predicted molar refractivity (Wildman–Crippen MR) is 140 cm³/mol. The quantitative estimate of drug-likeness (QED) is 0.192. The molecule has 0 aromatic heterocycles. The molecule has 0 heterocycles. The lowest BCUT2D eigenvalue weighted by molar-refractivity contribution is 0.201. The minimum Gasteiger partial charge on any atom is -0.0991 e. The van der Waals surface area contributed by atoms with Crippen LogP contribution in [-0.4, -0.2) is 0 Å². The minimum absolute atomic E-state index is 0.731. The summed E-state index contributed by atoms with van der Waals surface area (Å²) in [6.45, 7) is 13.2. The molecule has 0 aliphatic heterocycles. The van der Waals surface area contributed by atoms with Gasteiger partial charge in [-0.15, -0.1) is 0 Å². The lowest BCUT2D eigenvalue weighted by atomic mass is 9.71. The molecule has 1 fully saturated rings. The van der Waals surface area contributed by atoms with Crippen LogP contribution in [0.15, 0.2) is 48.1 Å². The average Bonchev–Trinajstić information content (AvgIpc) is 2.77. The van der Waals surface area contributed by atoms with Gasteiger partial charge in [0.1, 0.15) is 0 Å². The fourth-order valence-electron chi connectivity index (χ4n) is 6.17. The van der Waals surface area contributed by atoms with Gasteiger partial charge >= 0.3 is 0 Å². The van der Waals surface area contributed by atoms with Gasteiger partial charge in [-0.1, -0.05) is 121 Å². The highest BCUT2D eigenvalue weighted by Crippen LogP contribution is 2.40. The monoisotopic (exact) mass is 424 g/mol. The van der Waals surface area contributed by atoms with Crippen molar-refractivity contribution in [2.24, 2.45) is 29.6 Å². The molecule has 2 rings (SSSR count). The van der Waals surface area contributed by atoms with Crippen molar-refractivity contribution in [2.75, 3.05) is 0 Å². The molecule has 0 aromatic carbocycles. The molecule has 176 valence electrons. The van der Waals surface area contributed by atoms with Crippen molar-refractivity contribution in [1.29, 1.82) is 0 Å². The van der Waals surface area contributed by atoms with Gasteiger partial charge in [0.2, 0.25) is 0 Å². The van der Waals surface area contributed by atoms with E-state index in [2.05, 4.69) is 58.6 Å². The van der Waals surface area contributed by atoms with E-state index < -0.39 is 0 Å². The number of hydrogen-bond acceptors (Lipinski definition) is 0. The van der Waals surface area contributed by atoms with E-state index in [1.54, 1.807) is 11.1 Å². The Morgan fingerprint density at radius 3 is 2.39 bits per heavy atom. The van der Waals surface area contributed by atoms with Gasteiger partial charge < -0.3 is 0 Å². The largest absolute Gasteiger partial charge is 0.0991 e. The van der Waals surface area contributed by atoms with E-state index in [0.717, 1.165) is 29.6 Å². The lowest BCUT2D eigenvalue weighted by Gasteiger charge is -2.34. The Morgan fingerprint density at radius 1 is 1.00 bits per heavy atom. The fraction of sp³-hybridized carbons (Fsp3) is 0.742. The summed E-state index contributed by atoms with van der Waals surface area (Å²) in [4.78, 5) is 0.